The number of aromatic nitrogens is 1. The number of amides is 1. The molecule has 1 saturated heterocycles. The minimum Gasteiger partial charge on any atom is -0.399 e. The lowest BCUT2D eigenvalue weighted by Gasteiger charge is -2.33. The van der Waals surface area contributed by atoms with Gasteiger partial charge in [0.25, 0.3) is 5.91 Å². The van der Waals surface area contributed by atoms with Crippen molar-refractivity contribution in [1.29, 1.82) is 0 Å². The second-order valence-corrected chi connectivity index (χ2v) is 8.89. The van der Waals surface area contributed by atoms with E-state index in [4.69, 9.17) is 25.0 Å². The predicted octanol–water partition coefficient (Wildman–Crippen LogP) is 1.79. The van der Waals surface area contributed by atoms with Crippen molar-refractivity contribution in [1.82, 2.24) is 9.88 Å². The Morgan fingerprint density at radius 1 is 1.10 bits per heavy atom. The van der Waals surface area contributed by atoms with E-state index in [0.29, 0.717) is 11.3 Å². The molecule has 0 saturated carbocycles. The number of rotatable bonds is 3. The standard InChI is InChI=1S/C21H23B3N2O3/c1-13-11-15(24-28-19(2,3)20(4,5)29-24)9-8-14(13)12-26-18(27)16-7-6-10-25-17(16)21(26,22)23/h6-11H,12H2,1-5H3. The zero-order valence-electron chi connectivity index (χ0n) is 17.5. The van der Waals surface area contributed by atoms with Gasteiger partial charge in [-0.3, -0.25) is 9.78 Å². The summed E-state index contributed by atoms with van der Waals surface area (Å²) < 4.78 is 12.3. The number of fused-ring (bicyclic) bond motifs is 1. The van der Waals surface area contributed by atoms with E-state index < -0.39 is 23.7 Å². The molecule has 1 amide bonds. The van der Waals surface area contributed by atoms with Crippen LogP contribution in [0, 0.1) is 6.92 Å². The van der Waals surface area contributed by atoms with Gasteiger partial charge in [-0.1, -0.05) is 18.2 Å². The first-order chi connectivity index (χ1) is 13.4. The van der Waals surface area contributed by atoms with E-state index in [-0.39, 0.29) is 12.5 Å². The molecule has 2 aromatic rings. The maximum atomic E-state index is 12.8. The molecule has 1 fully saturated rings. The van der Waals surface area contributed by atoms with Gasteiger partial charge in [0.1, 0.15) is 0 Å². The maximum absolute atomic E-state index is 12.8. The van der Waals surface area contributed by atoms with Crippen LogP contribution in [0.15, 0.2) is 36.5 Å². The first-order valence-corrected chi connectivity index (χ1v) is 9.74. The van der Waals surface area contributed by atoms with E-state index in [1.807, 2.05) is 52.8 Å². The fraction of sp³-hybridized carbons (Fsp3) is 0.429. The van der Waals surface area contributed by atoms with Crippen LogP contribution in [0.5, 0.6) is 0 Å². The smallest absolute Gasteiger partial charge is 0.399 e. The highest BCUT2D eigenvalue weighted by molar-refractivity contribution is 6.62. The molecule has 0 bridgehead atoms. The number of hydrogen-bond donors (Lipinski definition) is 0. The summed E-state index contributed by atoms with van der Waals surface area (Å²) in [4.78, 5) is 18.5. The lowest BCUT2D eigenvalue weighted by Crippen LogP contribution is -2.45. The minimum absolute atomic E-state index is 0.215. The second kappa shape index (κ2) is 6.48. The molecule has 3 heterocycles. The number of pyridine rings is 1. The molecule has 29 heavy (non-hydrogen) atoms. The maximum Gasteiger partial charge on any atom is 0.494 e. The molecule has 0 N–H and O–H groups in total. The van der Waals surface area contributed by atoms with Gasteiger partial charge in [-0.15, -0.1) is 0 Å². The molecule has 8 heteroatoms. The Balaban J connectivity index is 1.58. The van der Waals surface area contributed by atoms with Crippen molar-refractivity contribution in [3.63, 3.8) is 0 Å². The zero-order chi connectivity index (χ0) is 21.2. The predicted molar refractivity (Wildman–Crippen MR) is 114 cm³/mol. The summed E-state index contributed by atoms with van der Waals surface area (Å²) in [6.45, 7) is 10.4. The van der Waals surface area contributed by atoms with Gasteiger partial charge in [-0.2, -0.15) is 0 Å². The van der Waals surface area contributed by atoms with E-state index >= 15 is 0 Å². The summed E-state index contributed by atoms with van der Waals surface area (Å²) >= 11 is 0. The van der Waals surface area contributed by atoms with E-state index in [2.05, 4.69) is 4.98 Å². The molecular formula is C21H23B3N2O3. The van der Waals surface area contributed by atoms with Gasteiger partial charge < -0.3 is 14.2 Å². The Morgan fingerprint density at radius 2 is 1.76 bits per heavy atom. The van der Waals surface area contributed by atoms with E-state index in [1.54, 1.807) is 18.3 Å². The molecule has 1 aromatic carbocycles. The molecule has 4 radical (unpaired) electrons. The lowest BCUT2D eigenvalue weighted by atomic mass is 9.59. The number of carbonyl (C=O) groups is 1. The van der Waals surface area contributed by atoms with Crippen molar-refractivity contribution >= 4 is 34.2 Å². The van der Waals surface area contributed by atoms with Crippen LogP contribution in [-0.4, -0.2) is 49.8 Å². The van der Waals surface area contributed by atoms with Crippen LogP contribution in [0.1, 0.15) is 54.9 Å². The van der Waals surface area contributed by atoms with Crippen LogP contribution >= 0.6 is 0 Å². The highest BCUT2D eigenvalue weighted by Gasteiger charge is 2.51. The largest absolute Gasteiger partial charge is 0.494 e. The van der Waals surface area contributed by atoms with Crippen molar-refractivity contribution in [2.75, 3.05) is 0 Å². The molecule has 0 atom stereocenters. The quantitative estimate of drug-likeness (QED) is 0.758. The van der Waals surface area contributed by atoms with Crippen molar-refractivity contribution in [2.24, 2.45) is 0 Å². The third kappa shape index (κ3) is 3.13. The average Bonchev–Trinajstić information content (AvgIpc) is 2.97. The van der Waals surface area contributed by atoms with E-state index in [0.717, 1.165) is 16.6 Å². The average molecular weight is 384 g/mol. The van der Waals surface area contributed by atoms with Gasteiger partial charge in [0.15, 0.2) is 0 Å². The number of aryl methyl sites for hydroxylation is 1. The molecule has 0 unspecified atom stereocenters. The van der Waals surface area contributed by atoms with Gasteiger partial charge in [0, 0.05) is 18.1 Å². The third-order valence-corrected chi connectivity index (χ3v) is 6.33. The normalized spacial score (nSPS) is 21.5. The first-order valence-electron chi connectivity index (χ1n) is 9.74. The zero-order valence-corrected chi connectivity index (χ0v) is 17.5. The molecule has 1 aromatic heterocycles. The SMILES string of the molecule is [B]C1([B])c2ncccc2C(=O)N1Cc1ccc(B2OC(C)(C)C(C)(C)O2)cc1C. The number of carbonyl (C=O) groups excluding carboxylic acids is 1. The Bertz CT molecular complexity index is 975. The summed E-state index contributed by atoms with van der Waals surface area (Å²) in [6, 6.07) is 9.37. The Kier molecular flexibility index (Phi) is 4.52. The van der Waals surface area contributed by atoms with Gasteiger partial charge in [-0.25, -0.2) is 0 Å². The molecule has 0 aliphatic carbocycles. The van der Waals surface area contributed by atoms with Gasteiger partial charge in [0.2, 0.25) is 0 Å². The molecular weight excluding hydrogens is 361 g/mol. The van der Waals surface area contributed by atoms with Gasteiger partial charge in [0.05, 0.1) is 38.2 Å². The number of benzene rings is 1. The van der Waals surface area contributed by atoms with Crippen LogP contribution in [0.4, 0.5) is 0 Å². The third-order valence-electron chi connectivity index (χ3n) is 6.33. The van der Waals surface area contributed by atoms with Crippen molar-refractivity contribution < 1.29 is 14.1 Å². The Morgan fingerprint density at radius 3 is 2.34 bits per heavy atom. The summed E-state index contributed by atoms with van der Waals surface area (Å²) in [5.41, 5.74) is 2.94. The minimum atomic E-state index is -1.44. The van der Waals surface area contributed by atoms with Gasteiger partial charge in [-0.05, 0) is 63.3 Å². The highest BCUT2D eigenvalue weighted by atomic mass is 16.7. The second-order valence-electron chi connectivity index (χ2n) is 8.89. The molecule has 0 spiro atoms. The summed E-state index contributed by atoms with van der Waals surface area (Å²) in [5.74, 6) is -0.215. The number of nitrogens with zero attached hydrogens (tertiary/aromatic N) is 2. The van der Waals surface area contributed by atoms with Crippen LogP contribution in [0.25, 0.3) is 0 Å². The van der Waals surface area contributed by atoms with Crippen molar-refractivity contribution in [2.45, 2.75) is 57.7 Å². The lowest BCUT2D eigenvalue weighted by molar-refractivity contribution is 0.00578. The highest BCUT2D eigenvalue weighted by Crippen LogP contribution is 2.37. The molecule has 144 valence electrons. The van der Waals surface area contributed by atoms with Crippen molar-refractivity contribution in [3.05, 3.63) is 58.9 Å². The van der Waals surface area contributed by atoms with Gasteiger partial charge >= 0.3 is 7.12 Å². The Labute approximate surface area is 175 Å². The molecule has 2 aliphatic heterocycles. The topological polar surface area (TPSA) is 51.7 Å². The van der Waals surface area contributed by atoms with Crippen LogP contribution in [0.3, 0.4) is 0 Å². The summed E-state index contributed by atoms with van der Waals surface area (Å²) in [6.07, 6.45) is 1.59. The van der Waals surface area contributed by atoms with Crippen molar-refractivity contribution in [3.8, 4) is 0 Å². The fourth-order valence-electron chi connectivity index (χ4n) is 3.73. The molecule has 5 nitrogen and oxygen atoms in total. The van der Waals surface area contributed by atoms with Crippen LogP contribution in [0.2, 0.25) is 0 Å². The van der Waals surface area contributed by atoms with E-state index in [9.17, 15) is 4.79 Å². The number of hydrogen-bond acceptors (Lipinski definition) is 4. The van der Waals surface area contributed by atoms with Crippen LogP contribution < -0.4 is 5.46 Å². The molecule has 4 rings (SSSR count). The fourth-order valence-corrected chi connectivity index (χ4v) is 3.73. The van der Waals surface area contributed by atoms with Crippen LogP contribution in [-0.2, 0) is 21.2 Å². The molecule has 2 aliphatic rings. The Hall–Kier alpha value is -2.05. The van der Waals surface area contributed by atoms with E-state index in [1.165, 1.54) is 4.90 Å². The summed E-state index contributed by atoms with van der Waals surface area (Å²) in [7, 11) is 12.2. The monoisotopic (exact) mass is 384 g/mol. The summed E-state index contributed by atoms with van der Waals surface area (Å²) in [5, 5.41) is -1.44. The first kappa shape index (κ1) is 20.2.